The number of halogens is 2. The van der Waals surface area contributed by atoms with Gasteiger partial charge in [-0.05, 0) is 68.5 Å². The molecule has 2 rings (SSSR count). The molecule has 1 aromatic carbocycles. The third-order valence-electron chi connectivity index (χ3n) is 3.24. The van der Waals surface area contributed by atoms with E-state index in [1.807, 2.05) is 24.3 Å². The van der Waals surface area contributed by atoms with Gasteiger partial charge in [-0.3, -0.25) is 4.79 Å². The third-order valence-corrected chi connectivity index (χ3v) is 6.47. The Bertz CT molecular complexity index is 694. The highest BCUT2D eigenvalue weighted by Crippen LogP contribution is 2.32. The fraction of sp³-hybridized carbons (Fsp3) is 0.294. The minimum atomic E-state index is -0.517. The molecule has 128 valence electrons. The zero-order chi connectivity index (χ0) is 17.5. The average Bonchev–Trinajstić information content (AvgIpc) is 2.91. The topological polar surface area (TPSA) is 55.4 Å². The van der Waals surface area contributed by atoms with Crippen molar-refractivity contribution in [2.24, 2.45) is 0 Å². The van der Waals surface area contributed by atoms with Crippen LogP contribution in [0.5, 0.6) is 0 Å². The summed E-state index contributed by atoms with van der Waals surface area (Å²) >= 11 is 7.87. The van der Waals surface area contributed by atoms with Gasteiger partial charge in [0.1, 0.15) is 4.88 Å². The van der Waals surface area contributed by atoms with Crippen LogP contribution in [0.1, 0.15) is 35.0 Å². The molecule has 2 aromatic rings. The first-order chi connectivity index (χ1) is 11.5. The maximum absolute atomic E-state index is 11.9. The Kier molecular flexibility index (Phi) is 7.45. The quantitative estimate of drug-likeness (QED) is 0.545. The maximum Gasteiger partial charge on any atom is 0.348 e. The molecular formula is C17H17Br2NO3S. The lowest BCUT2D eigenvalue weighted by Crippen LogP contribution is -2.20. The summed E-state index contributed by atoms with van der Waals surface area (Å²) < 4.78 is 6.62. The predicted octanol–water partition coefficient (Wildman–Crippen LogP) is 5.41. The fourth-order valence-corrected chi connectivity index (χ4v) is 3.91. The van der Waals surface area contributed by atoms with E-state index < -0.39 is 5.97 Å². The number of aryl methyl sites for hydroxylation is 1. The molecule has 0 spiro atoms. The molecule has 0 saturated carbocycles. The maximum atomic E-state index is 11.9. The monoisotopic (exact) mass is 473 g/mol. The summed E-state index contributed by atoms with van der Waals surface area (Å²) in [4.78, 5) is 24.2. The standard InChI is InChI=1S/C17H17Br2NO3S/c1-2-3-4-11-5-7-12(8-6-11)20-15(21)10-23-17(22)14-9-13(18)16(19)24-14/h5-9H,2-4,10H2,1H3,(H,20,21). The van der Waals surface area contributed by atoms with Crippen molar-refractivity contribution < 1.29 is 14.3 Å². The summed E-state index contributed by atoms with van der Waals surface area (Å²) in [7, 11) is 0. The minimum absolute atomic E-state index is 0.316. The van der Waals surface area contributed by atoms with Crippen molar-refractivity contribution in [3.05, 3.63) is 49.0 Å². The van der Waals surface area contributed by atoms with E-state index in [-0.39, 0.29) is 12.5 Å². The Morgan fingerprint density at radius 3 is 2.50 bits per heavy atom. The summed E-state index contributed by atoms with van der Waals surface area (Å²) in [6.07, 6.45) is 3.34. The van der Waals surface area contributed by atoms with Gasteiger partial charge >= 0.3 is 5.97 Å². The molecule has 0 saturated heterocycles. The average molecular weight is 475 g/mol. The van der Waals surface area contributed by atoms with E-state index in [0.29, 0.717) is 10.6 Å². The van der Waals surface area contributed by atoms with Gasteiger partial charge in [0.15, 0.2) is 6.61 Å². The van der Waals surface area contributed by atoms with E-state index >= 15 is 0 Å². The second kappa shape index (κ2) is 9.34. The highest BCUT2D eigenvalue weighted by atomic mass is 79.9. The van der Waals surface area contributed by atoms with Crippen molar-refractivity contribution in [3.8, 4) is 0 Å². The normalized spacial score (nSPS) is 10.5. The molecule has 0 aliphatic heterocycles. The number of hydrogen-bond donors (Lipinski definition) is 1. The van der Waals surface area contributed by atoms with Crippen molar-refractivity contribution in [2.75, 3.05) is 11.9 Å². The summed E-state index contributed by atoms with van der Waals surface area (Å²) in [5.74, 6) is -0.879. The minimum Gasteiger partial charge on any atom is -0.451 e. The third kappa shape index (κ3) is 5.72. The van der Waals surface area contributed by atoms with Crippen molar-refractivity contribution >= 4 is 60.8 Å². The Morgan fingerprint density at radius 2 is 1.92 bits per heavy atom. The Hall–Kier alpha value is -1.18. The van der Waals surface area contributed by atoms with Crippen LogP contribution in [0.15, 0.2) is 38.6 Å². The number of hydrogen-bond acceptors (Lipinski definition) is 4. The van der Waals surface area contributed by atoms with Gasteiger partial charge in [-0.1, -0.05) is 25.5 Å². The SMILES string of the molecule is CCCCc1ccc(NC(=O)COC(=O)c2cc(Br)c(Br)s2)cc1. The lowest BCUT2D eigenvalue weighted by atomic mass is 10.1. The number of nitrogens with one attached hydrogen (secondary N) is 1. The van der Waals surface area contributed by atoms with Gasteiger partial charge in [0, 0.05) is 10.2 Å². The Morgan fingerprint density at radius 1 is 1.21 bits per heavy atom. The lowest BCUT2D eigenvalue weighted by Gasteiger charge is -2.07. The zero-order valence-corrected chi connectivity index (χ0v) is 17.1. The number of amides is 1. The Balaban J connectivity index is 1.81. The highest BCUT2D eigenvalue weighted by molar-refractivity contribution is 9.13. The number of thiophene rings is 1. The summed E-state index contributed by atoms with van der Waals surface area (Å²) in [6.45, 7) is 1.84. The molecule has 1 heterocycles. The molecule has 0 bridgehead atoms. The number of unbranched alkanes of at least 4 members (excludes halogenated alkanes) is 1. The first-order valence-electron chi connectivity index (χ1n) is 7.50. The number of benzene rings is 1. The van der Waals surface area contributed by atoms with Crippen LogP contribution < -0.4 is 5.32 Å². The van der Waals surface area contributed by atoms with E-state index in [1.165, 1.54) is 16.9 Å². The van der Waals surface area contributed by atoms with Crippen LogP contribution in [0.2, 0.25) is 0 Å². The molecule has 7 heteroatoms. The molecule has 1 amide bonds. The number of carbonyl (C=O) groups excluding carboxylic acids is 2. The first kappa shape index (κ1) is 19.1. The largest absolute Gasteiger partial charge is 0.451 e. The van der Waals surface area contributed by atoms with Gasteiger partial charge in [-0.15, -0.1) is 11.3 Å². The second-order valence-electron chi connectivity index (χ2n) is 5.16. The molecular weight excluding hydrogens is 458 g/mol. The fourth-order valence-electron chi connectivity index (χ4n) is 1.98. The molecule has 0 unspecified atom stereocenters. The van der Waals surface area contributed by atoms with E-state index in [1.54, 1.807) is 6.07 Å². The number of rotatable bonds is 7. The molecule has 0 aliphatic rings. The summed E-state index contributed by atoms with van der Waals surface area (Å²) in [5, 5.41) is 2.72. The van der Waals surface area contributed by atoms with Crippen LogP contribution >= 0.6 is 43.2 Å². The smallest absolute Gasteiger partial charge is 0.348 e. The van der Waals surface area contributed by atoms with Crippen molar-refractivity contribution in [1.82, 2.24) is 0 Å². The van der Waals surface area contributed by atoms with E-state index in [2.05, 4.69) is 44.1 Å². The van der Waals surface area contributed by atoms with Crippen LogP contribution in [-0.2, 0) is 16.0 Å². The van der Waals surface area contributed by atoms with Crippen LogP contribution in [-0.4, -0.2) is 18.5 Å². The predicted molar refractivity (Wildman–Crippen MR) is 104 cm³/mol. The second-order valence-corrected chi connectivity index (χ2v) is 8.38. The number of carbonyl (C=O) groups is 2. The van der Waals surface area contributed by atoms with Crippen LogP contribution in [0.25, 0.3) is 0 Å². The van der Waals surface area contributed by atoms with Gasteiger partial charge in [0.05, 0.1) is 3.79 Å². The van der Waals surface area contributed by atoms with Gasteiger partial charge in [-0.2, -0.15) is 0 Å². The number of anilines is 1. The highest BCUT2D eigenvalue weighted by Gasteiger charge is 2.15. The van der Waals surface area contributed by atoms with E-state index in [4.69, 9.17) is 4.74 Å². The van der Waals surface area contributed by atoms with Crippen molar-refractivity contribution in [1.29, 1.82) is 0 Å². The lowest BCUT2D eigenvalue weighted by molar-refractivity contribution is -0.119. The molecule has 1 aromatic heterocycles. The molecule has 4 nitrogen and oxygen atoms in total. The first-order valence-corrected chi connectivity index (χ1v) is 9.90. The number of esters is 1. The van der Waals surface area contributed by atoms with Crippen LogP contribution in [0.4, 0.5) is 5.69 Å². The van der Waals surface area contributed by atoms with Gasteiger partial charge in [0.2, 0.25) is 0 Å². The zero-order valence-electron chi connectivity index (χ0n) is 13.1. The molecule has 1 N–H and O–H groups in total. The molecule has 0 radical (unpaired) electrons. The molecule has 24 heavy (non-hydrogen) atoms. The van der Waals surface area contributed by atoms with E-state index in [0.717, 1.165) is 27.5 Å². The Labute approximate surface area is 161 Å². The van der Waals surface area contributed by atoms with E-state index in [9.17, 15) is 9.59 Å². The van der Waals surface area contributed by atoms with Gasteiger partial charge in [0.25, 0.3) is 5.91 Å². The van der Waals surface area contributed by atoms with Crippen molar-refractivity contribution in [3.63, 3.8) is 0 Å². The molecule has 0 atom stereocenters. The van der Waals surface area contributed by atoms with Crippen LogP contribution in [0.3, 0.4) is 0 Å². The van der Waals surface area contributed by atoms with Crippen molar-refractivity contribution in [2.45, 2.75) is 26.2 Å². The summed E-state index contributed by atoms with van der Waals surface area (Å²) in [5.41, 5.74) is 1.94. The number of ether oxygens (including phenoxy) is 1. The molecule has 0 fully saturated rings. The van der Waals surface area contributed by atoms with Crippen LogP contribution in [0, 0.1) is 0 Å². The van der Waals surface area contributed by atoms with Gasteiger partial charge in [-0.25, -0.2) is 4.79 Å². The van der Waals surface area contributed by atoms with Gasteiger partial charge < -0.3 is 10.1 Å². The summed E-state index contributed by atoms with van der Waals surface area (Å²) in [6, 6.07) is 9.37. The molecule has 0 aliphatic carbocycles.